The topological polar surface area (TPSA) is 83.0 Å². The van der Waals surface area contributed by atoms with Gasteiger partial charge in [0.25, 0.3) is 0 Å². The number of carbonyl (C=O) groups excluding carboxylic acids is 1. The van der Waals surface area contributed by atoms with Crippen LogP contribution < -0.4 is 10.6 Å². The molecule has 1 atom stereocenters. The summed E-state index contributed by atoms with van der Waals surface area (Å²) in [5, 5.41) is 5.93. The van der Waals surface area contributed by atoms with Gasteiger partial charge in [0, 0.05) is 32.3 Å². The van der Waals surface area contributed by atoms with Crippen molar-refractivity contribution in [1.29, 1.82) is 0 Å². The monoisotopic (exact) mass is 340 g/mol. The summed E-state index contributed by atoms with van der Waals surface area (Å²) in [6.45, 7) is 3.77. The van der Waals surface area contributed by atoms with Gasteiger partial charge in [0.05, 0.1) is 36.4 Å². The molecule has 1 saturated heterocycles. The largest absolute Gasteiger partial charge is 0.373 e. The maximum atomic E-state index is 11.1. The number of nitrogens with zero attached hydrogens (tertiary/aromatic N) is 4. The van der Waals surface area contributed by atoms with E-state index in [1.54, 1.807) is 12.4 Å². The highest BCUT2D eigenvalue weighted by Gasteiger charge is 2.28. The molecule has 2 N–H and O–H groups in total. The van der Waals surface area contributed by atoms with E-state index in [1.807, 2.05) is 19.3 Å². The van der Waals surface area contributed by atoms with Crippen LogP contribution >= 0.6 is 0 Å². The number of rotatable bonds is 6. The number of pyridine rings is 1. The maximum Gasteiger partial charge on any atom is 0.217 e. The molecule has 0 bridgehead atoms. The smallest absolute Gasteiger partial charge is 0.217 e. The summed E-state index contributed by atoms with van der Waals surface area (Å²) >= 11 is 0. The highest BCUT2D eigenvalue weighted by Crippen LogP contribution is 2.32. The Labute approximate surface area is 147 Å². The van der Waals surface area contributed by atoms with Crippen molar-refractivity contribution >= 4 is 11.7 Å². The van der Waals surface area contributed by atoms with E-state index < -0.39 is 0 Å². The van der Waals surface area contributed by atoms with Gasteiger partial charge in [-0.1, -0.05) is 6.07 Å². The zero-order chi connectivity index (χ0) is 17.6. The first kappa shape index (κ1) is 17.3. The van der Waals surface area contributed by atoms with Crippen LogP contribution in [0.2, 0.25) is 0 Å². The van der Waals surface area contributed by atoms with Gasteiger partial charge in [0.1, 0.15) is 5.82 Å². The minimum absolute atomic E-state index is 0.0640. The Morgan fingerprint density at radius 1 is 1.40 bits per heavy atom. The van der Waals surface area contributed by atoms with Gasteiger partial charge >= 0.3 is 0 Å². The van der Waals surface area contributed by atoms with E-state index in [2.05, 4.69) is 31.6 Å². The highest BCUT2D eigenvalue weighted by molar-refractivity contribution is 5.72. The average Bonchev–Trinajstić information content (AvgIpc) is 3.09. The van der Waals surface area contributed by atoms with Crippen LogP contribution in [0.5, 0.6) is 0 Å². The Balaban J connectivity index is 1.75. The molecule has 3 rings (SSSR count). The van der Waals surface area contributed by atoms with Crippen LogP contribution in [0.3, 0.4) is 0 Å². The van der Waals surface area contributed by atoms with Gasteiger partial charge in [-0.05, 0) is 25.5 Å². The van der Waals surface area contributed by atoms with Crippen molar-refractivity contribution in [2.75, 3.05) is 18.9 Å². The van der Waals surface area contributed by atoms with Crippen molar-refractivity contribution in [2.45, 2.75) is 38.9 Å². The molecule has 0 spiro atoms. The lowest BCUT2D eigenvalue weighted by Crippen LogP contribution is -2.25. The Morgan fingerprint density at radius 3 is 3.08 bits per heavy atom. The summed E-state index contributed by atoms with van der Waals surface area (Å²) in [5.41, 5.74) is 2.94. The van der Waals surface area contributed by atoms with Gasteiger partial charge in [-0.25, -0.2) is 4.98 Å². The summed E-state index contributed by atoms with van der Waals surface area (Å²) in [6, 6.07) is 4.32. The van der Waals surface area contributed by atoms with Crippen molar-refractivity contribution < 1.29 is 4.79 Å². The lowest BCUT2D eigenvalue weighted by molar-refractivity contribution is -0.119. The molecule has 1 aliphatic heterocycles. The molecule has 3 heterocycles. The number of nitrogens with one attached hydrogen (secondary N) is 2. The normalized spacial score (nSPS) is 17.4. The Bertz CT molecular complexity index is 735. The first-order valence-electron chi connectivity index (χ1n) is 8.58. The van der Waals surface area contributed by atoms with E-state index in [0.29, 0.717) is 6.54 Å². The van der Waals surface area contributed by atoms with E-state index >= 15 is 0 Å². The minimum Gasteiger partial charge on any atom is -0.373 e. The molecule has 0 saturated carbocycles. The molecule has 2 aromatic heterocycles. The lowest BCUT2D eigenvalue weighted by atomic mass is 10.1. The molecular weight excluding hydrogens is 316 g/mol. The molecule has 1 amide bonds. The fraction of sp³-hybridized carbons (Fsp3) is 0.444. The van der Waals surface area contributed by atoms with Crippen LogP contribution in [-0.4, -0.2) is 39.4 Å². The third-order valence-corrected chi connectivity index (χ3v) is 4.43. The second kappa shape index (κ2) is 8.02. The summed E-state index contributed by atoms with van der Waals surface area (Å²) in [5.74, 6) is 0.851. The predicted molar refractivity (Wildman–Crippen MR) is 95.7 cm³/mol. The molecule has 25 heavy (non-hydrogen) atoms. The Morgan fingerprint density at radius 2 is 2.28 bits per heavy atom. The number of aromatic nitrogens is 3. The van der Waals surface area contributed by atoms with E-state index in [4.69, 9.17) is 4.98 Å². The molecule has 0 aliphatic carbocycles. The van der Waals surface area contributed by atoms with E-state index in [9.17, 15) is 4.79 Å². The molecule has 7 heteroatoms. The second-order valence-electron chi connectivity index (χ2n) is 6.23. The quantitative estimate of drug-likeness (QED) is 0.835. The third-order valence-electron chi connectivity index (χ3n) is 4.43. The van der Waals surface area contributed by atoms with Crippen molar-refractivity contribution in [3.63, 3.8) is 0 Å². The van der Waals surface area contributed by atoms with Crippen molar-refractivity contribution in [2.24, 2.45) is 0 Å². The zero-order valence-electron chi connectivity index (χ0n) is 14.7. The van der Waals surface area contributed by atoms with Crippen LogP contribution in [0.15, 0.2) is 30.7 Å². The number of carbonyl (C=O) groups is 1. The van der Waals surface area contributed by atoms with Gasteiger partial charge in [0.15, 0.2) is 0 Å². The van der Waals surface area contributed by atoms with Crippen LogP contribution in [0.4, 0.5) is 5.82 Å². The number of hydrogen-bond donors (Lipinski definition) is 2. The molecule has 1 aliphatic rings. The van der Waals surface area contributed by atoms with E-state index in [0.717, 1.165) is 43.1 Å². The summed E-state index contributed by atoms with van der Waals surface area (Å²) in [4.78, 5) is 26.9. The molecule has 7 nitrogen and oxygen atoms in total. The summed E-state index contributed by atoms with van der Waals surface area (Å²) in [6.07, 6.45) is 7.54. The number of amides is 1. The number of hydrogen-bond acceptors (Lipinski definition) is 6. The second-order valence-corrected chi connectivity index (χ2v) is 6.23. The Hall–Kier alpha value is -2.54. The van der Waals surface area contributed by atoms with Gasteiger partial charge in [-0.2, -0.15) is 0 Å². The molecule has 0 aromatic carbocycles. The van der Waals surface area contributed by atoms with Gasteiger partial charge in [-0.15, -0.1) is 0 Å². The average molecular weight is 340 g/mol. The Kier molecular flexibility index (Phi) is 5.55. The SMILES string of the molecule is CNc1ncccc1CN1CCC[C@H]1c1cncc(CNC(C)=O)n1. The lowest BCUT2D eigenvalue weighted by Gasteiger charge is -2.25. The third kappa shape index (κ3) is 4.30. The summed E-state index contributed by atoms with van der Waals surface area (Å²) < 4.78 is 0. The van der Waals surface area contributed by atoms with Gasteiger partial charge in [0.2, 0.25) is 5.91 Å². The van der Waals surface area contributed by atoms with Crippen molar-refractivity contribution in [1.82, 2.24) is 25.2 Å². The minimum atomic E-state index is -0.0640. The molecule has 132 valence electrons. The van der Waals surface area contributed by atoms with Crippen LogP contribution in [0.1, 0.15) is 42.8 Å². The number of anilines is 1. The first-order chi connectivity index (χ1) is 12.2. The van der Waals surface area contributed by atoms with E-state index in [1.165, 1.54) is 12.5 Å². The van der Waals surface area contributed by atoms with Crippen LogP contribution in [0, 0.1) is 0 Å². The molecular formula is C18H24N6O. The molecule has 0 unspecified atom stereocenters. The van der Waals surface area contributed by atoms with E-state index in [-0.39, 0.29) is 11.9 Å². The van der Waals surface area contributed by atoms with Gasteiger partial charge < -0.3 is 10.6 Å². The van der Waals surface area contributed by atoms with Crippen molar-refractivity contribution in [3.8, 4) is 0 Å². The molecule has 1 fully saturated rings. The summed E-state index contributed by atoms with van der Waals surface area (Å²) in [7, 11) is 1.89. The first-order valence-corrected chi connectivity index (χ1v) is 8.58. The maximum absolute atomic E-state index is 11.1. The predicted octanol–water partition coefficient (Wildman–Crippen LogP) is 1.89. The fourth-order valence-corrected chi connectivity index (χ4v) is 3.24. The van der Waals surface area contributed by atoms with Crippen molar-refractivity contribution in [3.05, 3.63) is 47.7 Å². The van der Waals surface area contributed by atoms with Crippen LogP contribution in [0.25, 0.3) is 0 Å². The fourth-order valence-electron chi connectivity index (χ4n) is 3.24. The van der Waals surface area contributed by atoms with Gasteiger partial charge in [-0.3, -0.25) is 19.7 Å². The zero-order valence-corrected chi connectivity index (χ0v) is 14.7. The standard InChI is InChI=1S/C18H24N6O/c1-13(25)22-10-15-9-20-11-16(23-15)17-6-4-8-24(17)12-14-5-3-7-21-18(14)19-2/h3,5,7,9,11,17H,4,6,8,10,12H2,1-2H3,(H,19,21)(H,22,25)/t17-/m0/s1. The molecule has 2 aromatic rings. The van der Waals surface area contributed by atoms with Crippen LogP contribution in [-0.2, 0) is 17.9 Å². The number of likely N-dealkylation sites (tertiary alicyclic amines) is 1. The molecule has 0 radical (unpaired) electrons. The highest BCUT2D eigenvalue weighted by atomic mass is 16.1.